The summed E-state index contributed by atoms with van der Waals surface area (Å²) in [5.74, 6) is 1.06. The van der Waals surface area contributed by atoms with Crippen LogP contribution in [0.4, 0.5) is 0 Å². The number of methoxy groups -OCH3 is 1. The summed E-state index contributed by atoms with van der Waals surface area (Å²) in [4.78, 5) is 0. The number of fused-ring (bicyclic) bond motifs is 1. The van der Waals surface area contributed by atoms with E-state index in [9.17, 15) is 0 Å². The average Bonchev–Trinajstić information content (AvgIpc) is 2.30. The molecule has 0 spiro atoms. The third-order valence-electron chi connectivity index (χ3n) is 3.44. The first-order chi connectivity index (χ1) is 7.72. The fourth-order valence-corrected chi connectivity index (χ4v) is 2.61. The van der Waals surface area contributed by atoms with Crippen molar-refractivity contribution in [3.05, 3.63) is 59.9 Å². The van der Waals surface area contributed by atoms with Gasteiger partial charge < -0.3 is 4.74 Å². The van der Waals surface area contributed by atoms with Crippen LogP contribution in [0.3, 0.4) is 0 Å². The lowest BCUT2D eigenvalue weighted by Gasteiger charge is -2.35. The molecule has 0 saturated heterocycles. The van der Waals surface area contributed by atoms with Crippen LogP contribution in [0, 0.1) is 0 Å². The van der Waals surface area contributed by atoms with E-state index in [1.165, 1.54) is 11.1 Å². The van der Waals surface area contributed by atoms with Crippen LogP contribution >= 0.6 is 0 Å². The molecule has 1 heteroatoms. The Hall–Kier alpha value is -1.50. The number of allylic oxidation sites excluding steroid dienone is 3. The van der Waals surface area contributed by atoms with Crippen LogP contribution < -0.4 is 0 Å². The summed E-state index contributed by atoms with van der Waals surface area (Å²) in [5.41, 5.74) is 2.72. The number of hydrogen-bond acceptors (Lipinski definition) is 1. The highest BCUT2D eigenvalue weighted by Gasteiger charge is 2.35. The molecule has 1 atom stereocenters. The molecule has 2 rings (SSSR count). The van der Waals surface area contributed by atoms with Gasteiger partial charge in [0.25, 0.3) is 0 Å². The zero-order valence-electron chi connectivity index (χ0n) is 9.99. The van der Waals surface area contributed by atoms with E-state index < -0.39 is 0 Å². The van der Waals surface area contributed by atoms with Crippen molar-refractivity contribution >= 4 is 0 Å². The number of ether oxygens (including phenoxy) is 1. The van der Waals surface area contributed by atoms with Crippen LogP contribution in [0.2, 0.25) is 0 Å². The Labute approximate surface area is 97.4 Å². The molecule has 0 fully saturated rings. The Bertz CT molecular complexity index is 431. The summed E-state index contributed by atoms with van der Waals surface area (Å²) < 4.78 is 5.53. The first-order valence-corrected chi connectivity index (χ1v) is 5.66. The Balaban J connectivity index is 2.54. The van der Waals surface area contributed by atoms with E-state index in [0.717, 1.165) is 18.6 Å². The molecule has 1 aliphatic carbocycles. The Morgan fingerprint density at radius 2 is 2.19 bits per heavy atom. The Morgan fingerprint density at radius 1 is 1.44 bits per heavy atom. The summed E-state index contributed by atoms with van der Waals surface area (Å²) in [6.07, 6.45) is 6.02. The minimum absolute atomic E-state index is 0.0503. The van der Waals surface area contributed by atoms with Gasteiger partial charge in [-0.3, -0.25) is 0 Å². The lowest BCUT2D eigenvalue weighted by Crippen LogP contribution is -2.29. The number of hydrogen-bond donors (Lipinski definition) is 0. The second-order valence-corrected chi connectivity index (χ2v) is 4.46. The van der Waals surface area contributed by atoms with Crippen LogP contribution in [0.15, 0.2) is 48.8 Å². The van der Waals surface area contributed by atoms with E-state index in [2.05, 4.69) is 43.8 Å². The highest BCUT2D eigenvalue weighted by atomic mass is 16.5. The monoisotopic (exact) mass is 214 g/mol. The van der Waals surface area contributed by atoms with E-state index >= 15 is 0 Å². The number of benzene rings is 1. The summed E-state index contributed by atoms with van der Waals surface area (Å²) in [6.45, 7) is 6.08. The minimum atomic E-state index is -0.0503. The van der Waals surface area contributed by atoms with Gasteiger partial charge in [-0.25, -0.2) is 0 Å². The van der Waals surface area contributed by atoms with Gasteiger partial charge in [-0.05, 0) is 37.0 Å². The maximum Gasteiger partial charge on any atom is 0.102 e. The molecule has 0 N–H and O–H groups in total. The molecule has 1 nitrogen and oxygen atoms in total. The molecule has 0 bridgehead atoms. The van der Waals surface area contributed by atoms with Crippen LogP contribution in [0.1, 0.15) is 24.5 Å². The van der Waals surface area contributed by atoms with Gasteiger partial charge in [0, 0.05) is 0 Å². The SMILES string of the molecule is C=CCC1(C)C(OC)=CCc2ccccc21. The Kier molecular flexibility index (Phi) is 2.86. The van der Waals surface area contributed by atoms with Crippen molar-refractivity contribution in [2.24, 2.45) is 0 Å². The molecule has 0 radical (unpaired) electrons. The molecular weight excluding hydrogens is 196 g/mol. The number of rotatable bonds is 3. The fraction of sp³-hybridized carbons (Fsp3) is 0.333. The van der Waals surface area contributed by atoms with Crippen LogP contribution in [-0.2, 0) is 16.6 Å². The largest absolute Gasteiger partial charge is 0.500 e. The summed E-state index contributed by atoms with van der Waals surface area (Å²) in [5, 5.41) is 0. The molecule has 0 aliphatic heterocycles. The third kappa shape index (κ3) is 1.57. The van der Waals surface area contributed by atoms with Crippen LogP contribution in [-0.4, -0.2) is 7.11 Å². The molecule has 0 amide bonds. The molecular formula is C15H18O. The molecule has 84 valence electrons. The Morgan fingerprint density at radius 3 is 2.88 bits per heavy atom. The van der Waals surface area contributed by atoms with E-state index in [1.807, 2.05) is 6.08 Å². The van der Waals surface area contributed by atoms with Crippen LogP contribution in [0.25, 0.3) is 0 Å². The van der Waals surface area contributed by atoms with Crippen molar-refractivity contribution < 1.29 is 4.74 Å². The van der Waals surface area contributed by atoms with E-state index in [0.29, 0.717) is 0 Å². The second kappa shape index (κ2) is 4.17. The maximum absolute atomic E-state index is 5.53. The van der Waals surface area contributed by atoms with Gasteiger partial charge in [-0.15, -0.1) is 6.58 Å². The molecule has 16 heavy (non-hydrogen) atoms. The zero-order valence-corrected chi connectivity index (χ0v) is 9.99. The molecule has 1 unspecified atom stereocenters. The summed E-state index contributed by atoms with van der Waals surface area (Å²) >= 11 is 0. The van der Waals surface area contributed by atoms with Crippen molar-refractivity contribution in [3.8, 4) is 0 Å². The van der Waals surface area contributed by atoms with Crippen molar-refractivity contribution in [1.82, 2.24) is 0 Å². The van der Waals surface area contributed by atoms with Crippen molar-refractivity contribution in [3.63, 3.8) is 0 Å². The van der Waals surface area contributed by atoms with Gasteiger partial charge in [0.05, 0.1) is 12.5 Å². The van der Waals surface area contributed by atoms with E-state index in [4.69, 9.17) is 4.74 Å². The minimum Gasteiger partial charge on any atom is -0.500 e. The topological polar surface area (TPSA) is 9.23 Å². The predicted octanol–water partition coefficient (Wildman–Crippen LogP) is 3.61. The quantitative estimate of drug-likeness (QED) is 0.698. The molecule has 1 aliphatic rings. The zero-order chi connectivity index (χ0) is 11.6. The van der Waals surface area contributed by atoms with Crippen molar-refractivity contribution in [2.45, 2.75) is 25.2 Å². The first kappa shape index (κ1) is 11.0. The smallest absolute Gasteiger partial charge is 0.102 e. The van der Waals surface area contributed by atoms with Crippen molar-refractivity contribution in [2.75, 3.05) is 7.11 Å². The molecule has 0 saturated carbocycles. The maximum atomic E-state index is 5.53. The lowest BCUT2D eigenvalue weighted by molar-refractivity contribution is 0.222. The van der Waals surface area contributed by atoms with Gasteiger partial charge in [0.2, 0.25) is 0 Å². The van der Waals surface area contributed by atoms with Crippen LogP contribution in [0.5, 0.6) is 0 Å². The van der Waals surface area contributed by atoms with Gasteiger partial charge in [-0.2, -0.15) is 0 Å². The van der Waals surface area contributed by atoms with E-state index in [-0.39, 0.29) is 5.41 Å². The molecule has 0 heterocycles. The molecule has 1 aromatic carbocycles. The summed E-state index contributed by atoms with van der Waals surface area (Å²) in [6, 6.07) is 8.59. The highest BCUT2D eigenvalue weighted by Crippen LogP contribution is 2.41. The predicted molar refractivity (Wildman–Crippen MR) is 67.4 cm³/mol. The third-order valence-corrected chi connectivity index (χ3v) is 3.44. The van der Waals surface area contributed by atoms with Gasteiger partial charge in [-0.1, -0.05) is 30.3 Å². The van der Waals surface area contributed by atoms with Gasteiger partial charge >= 0.3 is 0 Å². The summed E-state index contributed by atoms with van der Waals surface area (Å²) in [7, 11) is 1.75. The second-order valence-electron chi connectivity index (χ2n) is 4.46. The van der Waals surface area contributed by atoms with E-state index in [1.54, 1.807) is 7.11 Å². The first-order valence-electron chi connectivity index (χ1n) is 5.66. The standard InChI is InChI=1S/C15H18O/c1-4-11-15(2)13-8-6-5-7-12(13)9-10-14(15)16-3/h4-8,10H,1,9,11H2,2-3H3. The van der Waals surface area contributed by atoms with Gasteiger partial charge in [0.1, 0.15) is 5.76 Å². The lowest BCUT2D eigenvalue weighted by atomic mass is 9.72. The fourth-order valence-electron chi connectivity index (χ4n) is 2.61. The molecule has 1 aromatic rings. The van der Waals surface area contributed by atoms with Gasteiger partial charge in [0.15, 0.2) is 0 Å². The average molecular weight is 214 g/mol. The highest BCUT2D eigenvalue weighted by molar-refractivity contribution is 5.44. The molecule has 0 aromatic heterocycles. The normalized spacial score (nSPS) is 23.2. The van der Waals surface area contributed by atoms with Crippen molar-refractivity contribution in [1.29, 1.82) is 0 Å².